The van der Waals surface area contributed by atoms with Gasteiger partial charge in [0.2, 0.25) is 15.9 Å². The lowest BCUT2D eigenvalue weighted by molar-refractivity contribution is -0.119. The number of rotatable bonds is 8. The molecule has 1 atom stereocenters. The van der Waals surface area contributed by atoms with Crippen LogP contribution in [0.4, 0.5) is 31.7 Å². The van der Waals surface area contributed by atoms with E-state index < -0.39 is 34.2 Å². The number of halogens is 2. The summed E-state index contributed by atoms with van der Waals surface area (Å²) in [6.45, 7) is 3.25. The number of pyridine rings is 1. The summed E-state index contributed by atoms with van der Waals surface area (Å²) in [6.07, 6.45) is 2.80. The molecule has 1 fully saturated rings. The van der Waals surface area contributed by atoms with Crippen molar-refractivity contribution in [3.05, 3.63) is 42.6 Å². The van der Waals surface area contributed by atoms with Gasteiger partial charge < -0.3 is 20.2 Å². The van der Waals surface area contributed by atoms with Crippen LogP contribution in [0.2, 0.25) is 0 Å². The maximum Gasteiger partial charge on any atom is 0.260 e. The molecule has 0 saturated heterocycles. The molecular formula is C23H24F2N8O3S. The van der Waals surface area contributed by atoms with E-state index >= 15 is 0 Å². The molecule has 1 aliphatic rings. The number of carbonyl (C=O) groups is 1. The standard InChI is InChI=1S/C23H24F2N8O3S/c1-4-37(35,36)32-16-7-13(18-10-26-11-33(18)3)5-6-15(16)29-17-8-19(30-21-20(17)27-12(2)28-21)31-22(34)14-9-23(14,24)25/h5-8,10-11,14,32H,4,9H2,1-3H3,(H3,27,28,29,30,31,34). The average molecular weight is 531 g/mol. The van der Waals surface area contributed by atoms with Crippen molar-refractivity contribution in [2.75, 3.05) is 21.1 Å². The third kappa shape index (κ3) is 4.96. The second-order valence-corrected chi connectivity index (χ2v) is 10.9. The average Bonchev–Trinajstić information content (AvgIpc) is 3.11. The monoisotopic (exact) mass is 530 g/mol. The number of hydrogen-bond acceptors (Lipinski definition) is 7. The first-order chi connectivity index (χ1) is 17.5. The predicted molar refractivity (Wildman–Crippen MR) is 135 cm³/mol. The molecule has 1 aliphatic carbocycles. The van der Waals surface area contributed by atoms with Gasteiger partial charge in [-0.1, -0.05) is 6.07 Å². The molecule has 0 radical (unpaired) electrons. The van der Waals surface area contributed by atoms with Gasteiger partial charge in [-0.05, 0) is 26.0 Å². The summed E-state index contributed by atoms with van der Waals surface area (Å²) in [5, 5.41) is 5.62. The van der Waals surface area contributed by atoms with Crippen LogP contribution in [-0.4, -0.2) is 50.5 Å². The molecule has 0 spiro atoms. The Bertz CT molecular complexity index is 1630. The molecule has 4 aromatic rings. The Labute approximate surface area is 210 Å². The number of nitrogens with one attached hydrogen (secondary N) is 4. The van der Waals surface area contributed by atoms with Gasteiger partial charge in [-0.3, -0.25) is 9.52 Å². The Morgan fingerprint density at radius 3 is 2.62 bits per heavy atom. The molecule has 11 nitrogen and oxygen atoms in total. The fraction of sp³-hybridized carbons (Fsp3) is 0.304. The molecule has 3 aromatic heterocycles. The minimum Gasteiger partial charge on any atom is -0.352 e. The summed E-state index contributed by atoms with van der Waals surface area (Å²) in [7, 11) is -1.81. The van der Waals surface area contributed by atoms with Crippen LogP contribution in [0.3, 0.4) is 0 Å². The maximum atomic E-state index is 13.4. The summed E-state index contributed by atoms with van der Waals surface area (Å²) in [5.74, 6) is -4.79. The maximum absolute atomic E-state index is 13.4. The molecule has 194 valence electrons. The van der Waals surface area contributed by atoms with Crippen LogP contribution in [0.1, 0.15) is 19.2 Å². The Balaban J connectivity index is 1.54. The molecule has 1 saturated carbocycles. The molecule has 1 aromatic carbocycles. The van der Waals surface area contributed by atoms with Crippen molar-refractivity contribution in [1.82, 2.24) is 24.5 Å². The van der Waals surface area contributed by atoms with Crippen molar-refractivity contribution in [1.29, 1.82) is 0 Å². The molecule has 0 bridgehead atoms. The smallest absolute Gasteiger partial charge is 0.260 e. The van der Waals surface area contributed by atoms with Gasteiger partial charge in [0.05, 0.1) is 41.0 Å². The lowest BCUT2D eigenvalue weighted by atomic mass is 10.1. The van der Waals surface area contributed by atoms with Gasteiger partial charge in [0.25, 0.3) is 5.92 Å². The van der Waals surface area contributed by atoms with Gasteiger partial charge in [-0.25, -0.2) is 32.2 Å². The van der Waals surface area contributed by atoms with E-state index in [1.165, 1.54) is 13.0 Å². The van der Waals surface area contributed by atoms with E-state index in [-0.39, 0.29) is 22.9 Å². The molecule has 4 N–H and O–H groups in total. The number of sulfonamides is 1. The van der Waals surface area contributed by atoms with Crippen LogP contribution in [-0.2, 0) is 21.9 Å². The third-order valence-corrected chi connectivity index (χ3v) is 7.31. The van der Waals surface area contributed by atoms with Gasteiger partial charge in [0.1, 0.15) is 23.1 Å². The van der Waals surface area contributed by atoms with E-state index in [4.69, 9.17) is 0 Å². The topological polar surface area (TPSA) is 147 Å². The van der Waals surface area contributed by atoms with Crippen molar-refractivity contribution in [2.24, 2.45) is 13.0 Å². The number of benzene rings is 1. The van der Waals surface area contributed by atoms with Crippen molar-refractivity contribution in [3.63, 3.8) is 0 Å². The normalized spacial score (nSPS) is 16.5. The number of H-pyrrole nitrogens is 1. The molecular weight excluding hydrogens is 506 g/mol. The molecule has 14 heteroatoms. The lowest BCUT2D eigenvalue weighted by Crippen LogP contribution is -2.18. The first-order valence-corrected chi connectivity index (χ1v) is 13.1. The highest BCUT2D eigenvalue weighted by molar-refractivity contribution is 7.92. The number of hydrogen-bond donors (Lipinski definition) is 4. The van der Waals surface area contributed by atoms with Crippen molar-refractivity contribution in [3.8, 4) is 11.3 Å². The zero-order valence-electron chi connectivity index (χ0n) is 20.1. The van der Waals surface area contributed by atoms with E-state index in [2.05, 4.69) is 35.3 Å². The van der Waals surface area contributed by atoms with Crippen LogP contribution in [0.25, 0.3) is 22.4 Å². The summed E-state index contributed by atoms with van der Waals surface area (Å²) >= 11 is 0. The van der Waals surface area contributed by atoms with Gasteiger partial charge in [-0.2, -0.15) is 0 Å². The molecule has 0 aliphatic heterocycles. The number of amides is 1. The zero-order chi connectivity index (χ0) is 26.5. The van der Waals surface area contributed by atoms with Crippen LogP contribution >= 0.6 is 0 Å². The number of imidazole rings is 2. The Morgan fingerprint density at radius 1 is 1.22 bits per heavy atom. The summed E-state index contributed by atoms with van der Waals surface area (Å²) in [5.41, 5.74) is 3.36. The third-order valence-electron chi connectivity index (χ3n) is 6.02. The minimum absolute atomic E-state index is 0.0383. The fourth-order valence-corrected chi connectivity index (χ4v) is 4.54. The SMILES string of the molecule is CCS(=O)(=O)Nc1cc(-c2cncn2C)ccc1Nc1cc(NC(=O)C2CC2(F)F)nc2nc(C)[nH]c12. The number of aryl methyl sites for hydroxylation is 2. The van der Waals surface area contributed by atoms with Crippen LogP contribution in [0, 0.1) is 12.8 Å². The van der Waals surface area contributed by atoms with E-state index in [1.54, 1.807) is 42.2 Å². The summed E-state index contributed by atoms with van der Waals surface area (Å²) in [4.78, 5) is 28.0. The first-order valence-electron chi connectivity index (χ1n) is 11.4. The number of nitrogens with zero attached hydrogens (tertiary/aromatic N) is 4. The van der Waals surface area contributed by atoms with E-state index in [0.717, 1.165) is 11.3 Å². The highest BCUT2D eigenvalue weighted by atomic mass is 32.2. The van der Waals surface area contributed by atoms with Crippen LogP contribution in [0.15, 0.2) is 36.8 Å². The van der Waals surface area contributed by atoms with Crippen LogP contribution < -0.4 is 15.4 Å². The van der Waals surface area contributed by atoms with E-state index in [1.807, 2.05) is 7.05 Å². The van der Waals surface area contributed by atoms with Gasteiger partial charge in [0, 0.05) is 25.1 Å². The van der Waals surface area contributed by atoms with Crippen molar-refractivity contribution < 1.29 is 22.0 Å². The zero-order valence-corrected chi connectivity index (χ0v) is 20.9. The van der Waals surface area contributed by atoms with Crippen LogP contribution in [0.5, 0.6) is 0 Å². The molecule has 37 heavy (non-hydrogen) atoms. The quantitative estimate of drug-likeness (QED) is 0.271. The molecule has 5 rings (SSSR count). The number of anilines is 4. The number of carbonyl (C=O) groups excluding carboxylic acids is 1. The number of aromatic amines is 1. The molecule has 1 unspecified atom stereocenters. The highest BCUT2D eigenvalue weighted by Gasteiger charge is 2.61. The number of alkyl halides is 2. The minimum atomic E-state index is -3.63. The molecule has 1 amide bonds. The van der Waals surface area contributed by atoms with Crippen molar-refractivity contribution in [2.45, 2.75) is 26.2 Å². The molecule has 3 heterocycles. The Kier molecular flexibility index (Phi) is 5.85. The highest BCUT2D eigenvalue weighted by Crippen LogP contribution is 2.49. The second kappa shape index (κ2) is 8.80. The first kappa shape index (κ1) is 24.6. The van der Waals surface area contributed by atoms with Gasteiger partial charge in [0.15, 0.2) is 5.65 Å². The second-order valence-electron chi connectivity index (χ2n) is 8.86. The van der Waals surface area contributed by atoms with Gasteiger partial charge >= 0.3 is 0 Å². The predicted octanol–water partition coefficient (Wildman–Crippen LogP) is 3.77. The van der Waals surface area contributed by atoms with E-state index in [0.29, 0.717) is 22.7 Å². The summed E-state index contributed by atoms with van der Waals surface area (Å²) in [6, 6.07) is 6.67. The Morgan fingerprint density at radius 2 is 1.97 bits per heavy atom. The Hall–Kier alpha value is -4.07. The number of aromatic nitrogens is 5. The largest absolute Gasteiger partial charge is 0.352 e. The fourth-order valence-electron chi connectivity index (χ4n) is 3.89. The lowest BCUT2D eigenvalue weighted by Gasteiger charge is -2.16. The van der Waals surface area contributed by atoms with Gasteiger partial charge in [-0.15, -0.1) is 0 Å². The summed E-state index contributed by atoms with van der Waals surface area (Å²) < 4.78 is 56.1. The van der Waals surface area contributed by atoms with E-state index in [9.17, 15) is 22.0 Å². The number of fused-ring (bicyclic) bond motifs is 1. The van der Waals surface area contributed by atoms with Crippen molar-refractivity contribution >= 4 is 50.0 Å².